The van der Waals surface area contributed by atoms with Crippen molar-refractivity contribution in [1.29, 1.82) is 0 Å². The molecule has 0 aromatic heterocycles. The molecule has 0 bridgehead atoms. The zero-order valence-electron chi connectivity index (χ0n) is 2.55. The second-order valence-electron chi connectivity index (χ2n) is 0.418. The van der Waals surface area contributed by atoms with E-state index >= 15 is 0 Å². The van der Waals surface area contributed by atoms with Crippen molar-refractivity contribution in [3.63, 3.8) is 0 Å². The quantitative estimate of drug-likeness (QED) is 0.415. The van der Waals surface area contributed by atoms with Gasteiger partial charge < -0.3 is 4.18 Å². The molecule has 0 spiro atoms. The van der Waals surface area contributed by atoms with Crippen LogP contribution in [-0.4, -0.2) is 5.30 Å². The van der Waals surface area contributed by atoms with Crippen molar-refractivity contribution in [2.45, 2.75) is 0 Å². The Labute approximate surface area is 49.3 Å². The van der Waals surface area contributed by atoms with Gasteiger partial charge in [-0.3, -0.25) is 0 Å². The molecule has 0 saturated heterocycles. The summed E-state index contributed by atoms with van der Waals surface area (Å²) >= 11 is 3.14. The molecule has 2 nitrogen and oxygen atoms in total. The van der Waals surface area contributed by atoms with Crippen LogP contribution in [0.2, 0.25) is 0 Å². The van der Waals surface area contributed by atoms with Gasteiger partial charge in [0.1, 0.15) is 0 Å². The third-order valence-electron chi connectivity index (χ3n) is 0.138. The Kier molecular flexibility index (Phi) is 3.92. The van der Waals surface area contributed by atoms with Crippen LogP contribution in [0.5, 0.6) is 0 Å². The minimum Gasteiger partial charge on any atom is -0.386 e. The van der Waals surface area contributed by atoms with Crippen molar-refractivity contribution in [1.82, 2.24) is 0 Å². The Hall–Kier alpha value is 0.460. The molecule has 0 heterocycles. The zero-order chi connectivity index (χ0) is 4.99. The molecule has 5 heteroatoms. The van der Waals surface area contributed by atoms with E-state index in [9.17, 15) is 4.79 Å². The smallest absolute Gasteiger partial charge is 0.386 e. The number of thiol groups is 1. The summed E-state index contributed by atoms with van der Waals surface area (Å²) in [5.41, 5.74) is 0. The molecule has 0 radical (unpaired) electrons. The third-order valence-corrected chi connectivity index (χ3v) is 1.01. The predicted molar refractivity (Wildman–Crippen MR) is 28.9 cm³/mol. The topological polar surface area (TPSA) is 26.3 Å². The molecule has 0 unspecified atom stereocenters. The second-order valence-corrected chi connectivity index (χ2v) is 1.55. The summed E-state index contributed by atoms with van der Waals surface area (Å²) in [6.45, 7) is 0. The van der Waals surface area contributed by atoms with Crippen LogP contribution in [0.25, 0.3) is 0 Å². The SMILES string of the molecule is O=C(OS)SCl. The first-order chi connectivity index (χ1) is 2.81. The van der Waals surface area contributed by atoms with E-state index in [2.05, 4.69) is 17.1 Å². The zero-order valence-corrected chi connectivity index (χ0v) is 5.02. The average molecular weight is 145 g/mol. The lowest BCUT2D eigenvalue weighted by molar-refractivity contribution is 0.235. The summed E-state index contributed by atoms with van der Waals surface area (Å²) in [6, 6.07) is 0. The van der Waals surface area contributed by atoms with Gasteiger partial charge in [0, 0.05) is 12.9 Å². The minimum absolute atomic E-state index is 0.459. The summed E-state index contributed by atoms with van der Waals surface area (Å²) in [4.78, 5) is 9.71. The molecule has 0 rings (SSSR count). The Bertz CT molecular complexity index is 49.5. The van der Waals surface area contributed by atoms with E-state index in [-0.39, 0.29) is 0 Å². The Morgan fingerprint density at radius 1 is 2.00 bits per heavy atom. The van der Waals surface area contributed by atoms with E-state index in [4.69, 9.17) is 10.7 Å². The lowest BCUT2D eigenvalue weighted by Gasteiger charge is -1.81. The first-order valence-corrected chi connectivity index (χ1v) is 2.96. The maximum absolute atomic E-state index is 9.71. The van der Waals surface area contributed by atoms with E-state index in [1.165, 1.54) is 0 Å². The molecule has 0 fully saturated rings. The molecular formula is CHClO2S2. The van der Waals surface area contributed by atoms with E-state index in [1.807, 2.05) is 0 Å². The van der Waals surface area contributed by atoms with Gasteiger partial charge in [-0.2, -0.15) is 0 Å². The largest absolute Gasteiger partial charge is 0.394 e. The fraction of sp³-hybridized carbons (Fsp3) is 0. The van der Waals surface area contributed by atoms with Crippen molar-refractivity contribution in [2.75, 3.05) is 0 Å². The molecule has 0 aromatic carbocycles. The molecule has 0 aliphatic heterocycles. The van der Waals surface area contributed by atoms with Crippen LogP contribution in [-0.2, 0) is 4.18 Å². The van der Waals surface area contributed by atoms with Crippen LogP contribution in [0.3, 0.4) is 0 Å². The van der Waals surface area contributed by atoms with Gasteiger partial charge in [0.2, 0.25) is 0 Å². The number of halogens is 1. The number of rotatable bonds is 0. The molecule has 0 atom stereocenters. The van der Waals surface area contributed by atoms with Crippen molar-refractivity contribution < 1.29 is 8.98 Å². The molecule has 6 heavy (non-hydrogen) atoms. The van der Waals surface area contributed by atoms with Gasteiger partial charge in [-0.15, -0.1) is 0 Å². The van der Waals surface area contributed by atoms with Crippen LogP contribution in [0.15, 0.2) is 0 Å². The van der Waals surface area contributed by atoms with Gasteiger partial charge in [-0.1, -0.05) is 0 Å². The first-order valence-electron chi connectivity index (χ1n) is 0.949. The molecule has 0 aromatic rings. The van der Waals surface area contributed by atoms with Crippen LogP contribution < -0.4 is 0 Å². The first kappa shape index (κ1) is 6.46. The highest BCUT2D eigenvalue weighted by molar-refractivity contribution is 8.32. The minimum atomic E-state index is -0.611. The van der Waals surface area contributed by atoms with Crippen molar-refractivity contribution in [3.8, 4) is 0 Å². The number of hydrogen-bond donors (Lipinski definition) is 1. The summed E-state index contributed by atoms with van der Waals surface area (Å²) in [6.07, 6.45) is 0. The summed E-state index contributed by atoms with van der Waals surface area (Å²) in [5.74, 6) is 0. The summed E-state index contributed by atoms with van der Waals surface area (Å²) in [7, 11) is 5.30. The summed E-state index contributed by atoms with van der Waals surface area (Å²) in [5, 5.41) is -0.611. The van der Waals surface area contributed by atoms with Crippen molar-refractivity contribution in [3.05, 3.63) is 0 Å². The standard InChI is InChI=1S/CHClO2S2/c2-6-1(3)4-5/h5H. The molecule has 0 aliphatic carbocycles. The average Bonchev–Trinajstić information content (AvgIpc) is 1.65. The predicted octanol–water partition coefficient (Wildman–Crippen LogP) is 1.85. The summed E-state index contributed by atoms with van der Waals surface area (Å²) < 4.78 is 3.79. The maximum atomic E-state index is 9.71. The van der Waals surface area contributed by atoms with Gasteiger partial charge in [0.25, 0.3) is 0 Å². The van der Waals surface area contributed by atoms with Gasteiger partial charge in [0.15, 0.2) is 0 Å². The fourth-order valence-electron chi connectivity index (χ4n) is 0.0141. The molecule has 36 valence electrons. The van der Waals surface area contributed by atoms with Gasteiger partial charge >= 0.3 is 5.30 Å². The number of carbonyl (C=O) groups is 1. The van der Waals surface area contributed by atoms with Crippen LogP contribution in [0, 0.1) is 0 Å². The van der Waals surface area contributed by atoms with Crippen molar-refractivity contribution >= 4 is 39.9 Å². The molecular weight excluding hydrogens is 144 g/mol. The van der Waals surface area contributed by atoms with Crippen LogP contribution in [0.1, 0.15) is 0 Å². The Morgan fingerprint density at radius 3 is 2.50 bits per heavy atom. The molecule has 0 N–H and O–H groups in total. The maximum Gasteiger partial charge on any atom is 0.394 e. The highest BCUT2D eigenvalue weighted by Gasteiger charge is 1.93. The van der Waals surface area contributed by atoms with Crippen LogP contribution >= 0.6 is 34.6 Å². The van der Waals surface area contributed by atoms with E-state index in [1.54, 1.807) is 0 Å². The Balaban J connectivity index is 2.99. The van der Waals surface area contributed by atoms with Crippen LogP contribution in [0.4, 0.5) is 4.79 Å². The third kappa shape index (κ3) is 2.68. The monoisotopic (exact) mass is 144 g/mol. The lowest BCUT2D eigenvalue weighted by Crippen LogP contribution is -1.77. The second kappa shape index (κ2) is 3.64. The van der Waals surface area contributed by atoms with E-state index < -0.39 is 5.30 Å². The lowest BCUT2D eigenvalue weighted by atomic mass is 11.6. The van der Waals surface area contributed by atoms with Crippen molar-refractivity contribution in [2.24, 2.45) is 0 Å². The highest BCUT2D eigenvalue weighted by atomic mass is 35.7. The fourth-order valence-corrected chi connectivity index (χ4v) is 0.380. The molecule has 0 aliphatic rings. The van der Waals surface area contributed by atoms with E-state index in [0.717, 1.165) is 0 Å². The molecule has 0 saturated carbocycles. The van der Waals surface area contributed by atoms with Gasteiger partial charge in [-0.25, -0.2) is 4.79 Å². The molecule has 0 amide bonds. The van der Waals surface area contributed by atoms with E-state index in [0.29, 0.717) is 11.0 Å². The van der Waals surface area contributed by atoms with Gasteiger partial charge in [-0.05, 0) is 10.7 Å². The number of carbonyl (C=O) groups excluding carboxylic acids is 1. The number of hydrogen-bond acceptors (Lipinski definition) is 4. The van der Waals surface area contributed by atoms with Gasteiger partial charge in [0.05, 0.1) is 11.0 Å². The highest BCUT2D eigenvalue weighted by Crippen LogP contribution is 2.09. The normalized spacial score (nSPS) is 7.67. The Morgan fingerprint density at radius 2 is 2.50 bits per heavy atom.